The molecule has 1 heterocycles. The van der Waals surface area contributed by atoms with E-state index in [1.54, 1.807) is 0 Å². The van der Waals surface area contributed by atoms with Crippen molar-refractivity contribution >= 4 is 16.0 Å². The lowest BCUT2D eigenvalue weighted by atomic mass is 10.1. The van der Waals surface area contributed by atoms with Crippen LogP contribution in [-0.2, 0) is 10.0 Å². The number of anilines is 1. The summed E-state index contributed by atoms with van der Waals surface area (Å²) in [5, 5.41) is 0. The van der Waals surface area contributed by atoms with Crippen LogP contribution in [0.3, 0.4) is 0 Å². The van der Waals surface area contributed by atoms with Gasteiger partial charge in [0.05, 0.1) is 12.4 Å². The zero-order valence-electron chi connectivity index (χ0n) is 9.84. The maximum atomic E-state index is 11.8. The summed E-state index contributed by atoms with van der Waals surface area (Å²) in [6, 6.07) is 0. The van der Waals surface area contributed by atoms with E-state index in [0.717, 1.165) is 6.42 Å². The molecule has 0 saturated carbocycles. The molecule has 0 fully saturated rings. The number of nitrogens with one attached hydrogen (secondary N) is 2. The molecule has 0 spiro atoms. The summed E-state index contributed by atoms with van der Waals surface area (Å²) in [5.41, 5.74) is 2.23. The molecular weight excluding hydrogens is 242 g/mol. The Labute approximate surface area is 101 Å². The molecule has 17 heavy (non-hydrogen) atoms. The molecule has 0 aliphatic heterocycles. The lowest BCUT2D eigenvalue weighted by Gasteiger charge is -2.08. The van der Waals surface area contributed by atoms with E-state index in [1.807, 2.05) is 13.8 Å². The van der Waals surface area contributed by atoms with Gasteiger partial charge in [-0.25, -0.2) is 29.0 Å². The van der Waals surface area contributed by atoms with Crippen LogP contribution in [0.15, 0.2) is 17.3 Å². The van der Waals surface area contributed by atoms with Gasteiger partial charge in [-0.3, -0.25) is 5.43 Å². The standard InChI is InChI=1S/C9H17N5O2S/c1-7(2)3-4-13-17(15,16)8-5-11-9(14-10)12-6-8/h5-7,13H,3-4,10H2,1-2H3,(H,11,12,14). The van der Waals surface area contributed by atoms with Crippen LogP contribution in [-0.4, -0.2) is 24.9 Å². The molecule has 1 rings (SSSR count). The van der Waals surface area contributed by atoms with Gasteiger partial charge in [0.2, 0.25) is 16.0 Å². The van der Waals surface area contributed by atoms with Crippen LogP contribution in [0.25, 0.3) is 0 Å². The highest BCUT2D eigenvalue weighted by atomic mass is 32.2. The largest absolute Gasteiger partial charge is 0.292 e. The predicted molar refractivity (Wildman–Crippen MR) is 64.5 cm³/mol. The number of aromatic nitrogens is 2. The summed E-state index contributed by atoms with van der Waals surface area (Å²) in [7, 11) is -3.52. The van der Waals surface area contributed by atoms with E-state index in [2.05, 4.69) is 20.1 Å². The number of sulfonamides is 1. The number of rotatable bonds is 6. The quantitative estimate of drug-likeness (QED) is 0.493. The monoisotopic (exact) mass is 259 g/mol. The van der Waals surface area contributed by atoms with Gasteiger partial charge in [0.15, 0.2) is 0 Å². The summed E-state index contributed by atoms with van der Waals surface area (Å²) in [4.78, 5) is 7.51. The number of hydrazine groups is 1. The lowest BCUT2D eigenvalue weighted by Crippen LogP contribution is -2.26. The van der Waals surface area contributed by atoms with Crippen molar-refractivity contribution in [2.45, 2.75) is 25.2 Å². The lowest BCUT2D eigenvalue weighted by molar-refractivity contribution is 0.551. The van der Waals surface area contributed by atoms with E-state index in [1.165, 1.54) is 12.4 Å². The van der Waals surface area contributed by atoms with Crippen LogP contribution in [0.5, 0.6) is 0 Å². The summed E-state index contributed by atoms with van der Waals surface area (Å²) < 4.78 is 26.0. The van der Waals surface area contributed by atoms with Gasteiger partial charge >= 0.3 is 0 Å². The fourth-order valence-corrected chi connectivity index (χ4v) is 2.03. The van der Waals surface area contributed by atoms with Crippen LogP contribution < -0.4 is 16.0 Å². The summed E-state index contributed by atoms with van der Waals surface area (Å²) in [6.45, 7) is 4.45. The smallest absolute Gasteiger partial charge is 0.243 e. The van der Waals surface area contributed by atoms with Crippen LogP contribution in [0.2, 0.25) is 0 Å². The molecule has 1 aromatic rings. The normalized spacial score (nSPS) is 11.8. The van der Waals surface area contributed by atoms with E-state index >= 15 is 0 Å². The maximum Gasteiger partial charge on any atom is 0.243 e. The molecule has 0 aliphatic carbocycles. The summed E-state index contributed by atoms with van der Waals surface area (Å²) in [6.07, 6.45) is 3.20. The first-order chi connectivity index (χ1) is 7.95. The fourth-order valence-electron chi connectivity index (χ4n) is 1.09. The van der Waals surface area contributed by atoms with Gasteiger partial charge in [-0.05, 0) is 12.3 Å². The average Bonchev–Trinajstić information content (AvgIpc) is 2.28. The third-order valence-corrected chi connectivity index (χ3v) is 3.50. The second-order valence-corrected chi connectivity index (χ2v) is 5.73. The van der Waals surface area contributed by atoms with Gasteiger partial charge in [0.25, 0.3) is 0 Å². The molecule has 96 valence electrons. The molecule has 0 atom stereocenters. The van der Waals surface area contributed by atoms with Crippen LogP contribution >= 0.6 is 0 Å². The van der Waals surface area contributed by atoms with E-state index in [9.17, 15) is 8.42 Å². The third-order valence-electron chi connectivity index (χ3n) is 2.08. The molecule has 7 nitrogen and oxygen atoms in total. The molecule has 4 N–H and O–H groups in total. The number of hydrogen-bond donors (Lipinski definition) is 3. The Morgan fingerprint density at radius 2 is 1.94 bits per heavy atom. The minimum atomic E-state index is -3.52. The summed E-state index contributed by atoms with van der Waals surface area (Å²) in [5.74, 6) is 5.70. The van der Waals surface area contributed by atoms with Gasteiger partial charge in [-0.1, -0.05) is 13.8 Å². The fraction of sp³-hybridized carbons (Fsp3) is 0.556. The second kappa shape index (κ2) is 5.89. The van der Waals surface area contributed by atoms with E-state index in [0.29, 0.717) is 12.5 Å². The molecule has 1 aromatic heterocycles. The number of hydrogen-bond acceptors (Lipinski definition) is 6. The molecule has 0 radical (unpaired) electrons. The van der Waals surface area contributed by atoms with Gasteiger partial charge in [-0.2, -0.15) is 0 Å². The highest BCUT2D eigenvalue weighted by Gasteiger charge is 2.14. The minimum absolute atomic E-state index is 0.0280. The zero-order valence-corrected chi connectivity index (χ0v) is 10.7. The Hall–Kier alpha value is -1.25. The SMILES string of the molecule is CC(C)CCNS(=O)(=O)c1cnc(NN)nc1. The average molecular weight is 259 g/mol. The van der Waals surface area contributed by atoms with E-state index in [-0.39, 0.29) is 10.8 Å². The topological polar surface area (TPSA) is 110 Å². The van der Waals surface area contributed by atoms with Crippen molar-refractivity contribution in [1.29, 1.82) is 0 Å². The van der Waals surface area contributed by atoms with Crippen molar-refractivity contribution in [2.24, 2.45) is 11.8 Å². The molecule has 8 heteroatoms. The second-order valence-electron chi connectivity index (χ2n) is 3.97. The van der Waals surface area contributed by atoms with Gasteiger partial charge in [-0.15, -0.1) is 0 Å². The molecule has 0 aliphatic rings. The minimum Gasteiger partial charge on any atom is -0.292 e. The van der Waals surface area contributed by atoms with Crippen LogP contribution in [0.4, 0.5) is 5.95 Å². The highest BCUT2D eigenvalue weighted by molar-refractivity contribution is 7.89. The Morgan fingerprint density at radius 3 is 2.41 bits per heavy atom. The van der Waals surface area contributed by atoms with E-state index in [4.69, 9.17) is 5.84 Å². The van der Waals surface area contributed by atoms with Crippen molar-refractivity contribution in [3.05, 3.63) is 12.4 Å². The predicted octanol–water partition coefficient (Wildman–Crippen LogP) is 0.0866. The van der Waals surface area contributed by atoms with Gasteiger partial charge in [0, 0.05) is 6.54 Å². The first-order valence-electron chi connectivity index (χ1n) is 5.24. The highest BCUT2D eigenvalue weighted by Crippen LogP contribution is 2.07. The van der Waals surface area contributed by atoms with Gasteiger partial charge in [0.1, 0.15) is 4.90 Å². The number of nitrogen functional groups attached to an aromatic ring is 1. The molecule has 0 bridgehead atoms. The maximum absolute atomic E-state index is 11.8. The van der Waals surface area contributed by atoms with Crippen LogP contribution in [0.1, 0.15) is 20.3 Å². The molecule has 0 aromatic carbocycles. The van der Waals surface area contributed by atoms with Gasteiger partial charge < -0.3 is 0 Å². The Morgan fingerprint density at radius 1 is 1.35 bits per heavy atom. The van der Waals surface area contributed by atoms with E-state index < -0.39 is 10.0 Å². The Bertz CT molecular complexity index is 443. The van der Waals surface area contributed by atoms with Crippen molar-refractivity contribution in [2.75, 3.05) is 12.0 Å². The van der Waals surface area contributed by atoms with Crippen molar-refractivity contribution in [3.63, 3.8) is 0 Å². The number of nitrogens with zero attached hydrogens (tertiary/aromatic N) is 2. The molecular formula is C9H17N5O2S. The van der Waals surface area contributed by atoms with Crippen molar-refractivity contribution < 1.29 is 8.42 Å². The van der Waals surface area contributed by atoms with Crippen molar-refractivity contribution in [3.8, 4) is 0 Å². The summed E-state index contributed by atoms with van der Waals surface area (Å²) >= 11 is 0. The molecule has 0 amide bonds. The zero-order chi connectivity index (χ0) is 12.9. The Balaban J connectivity index is 2.68. The first-order valence-corrected chi connectivity index (χ1v) is 6.72. The Kier molecular flexibility index (Phi) is 4.79. The van der Waals surface area contributed by atoms with Crippen molar-refractivity contribution in [1.82, 2.24) is 14.7 Å². The first kappa shape index (κ1) is 13.8. The van der Waals surface area contributed by atoms with Crippen LogP contribution in [0, 0.1) is 5.92 Å². The molecule has 0 unspecified atom stereocenters. The third kappa shape index (κ3) is 4.25. The number of nitrogens with two attached hydrogens (primary N) is 1. The molecule has 0 saturated heterocycles.